The summed E-state index contributed by atoms with van der Waals surface area (Å²) in [6.45, 7) is 10.9. The van der Waals surface area contributed by atoms with Gasteiger partial charge in [0.2, 0.25) is 0 Å². The smallest absolute Gasteiger partial charge is 0.306 e. The summed E-state index contributed by atoms with van der Waals surface area (Å²) in [7, 11) is 1.58. The third kappa shape index (κ3) is 6.84. The van der Waals surface area contributed by atoms with E-state index in [0.717, 1.165) is 28.0 Å². The first-order valence-electron chi connectivity index (χ1n) is 12.0. The average Bonchev–Trinajstić information content (AvgIpc) is 2.82. The molecule has 0 aliphatic heterocycles. The van der Waals surface area contributed by atoms with Crippen molar-refractivity contribution < 1.29 is 23.4 Å². The Morgan fingerprint density at radius 1 is 0.943 bits per heavy atom. The molecule has 0 fully saturated rings. The van der Waals surface area contributed by atoms with Crippen molar-refractivity contribution in [2.45, 2.75) is 59.0 Å². The normalized spacial score (nSPS) is 12.2. The topological polar surface area (TPSA) is 44.8 Å². The molecule has 0 amide bonds. The van der Waals surface area contributed by atoms with Crippen LogP contribution < -0.4 is 9.47 Å². The highest BCUT2D eigenvalue weighted by Crippen LogP contribution is 2.37. The van der Waals surface area contributed by atoms with Crippen LogP contribution in [0.5, 0.6) is 11.5 Å². The molecule has 0 saturated heterocycles. The van der Waals surface area contributed by atoms with Crippen LogP contribution in [0.15, 0.2) is 60.7 Å². The summed E-state index contributed by atoms with van der Waals surface area (Å²) < 4.78 is 31.3. The number of rotatable bonds is 9. The van der Waals surface area contributed by atoms with Crippen molar-refractivity contribution in [1.82, 2.24) is 0 Å². The summed E-state index contributed by atoms with van der Waals surface area (Å²) in [5.74, 6) is 0.920. The van der Waals surface area contributed by atoms with E-state index >= 15 is 0 Å². The van der Waals surface area contributed by atoms with Crippen molar-refractivity contribution >= 4 is 5.97 Å². The van der Waals surface area contributed by atoms with E-state index in [0.29, 0.717) is 30.9 Å². The number of hydrogen-bond acceptors (Lipinski definition) is 4. The second-order valence-corrected chi connectivity index (χ2v) is 9.74. The molecule has 0 aliphatic rings. The van der Waals surface area contributed by atoms with Gasteiger partial charge >= 0.3 is 5.97 Å². The van der Waals surface area contributed by atoms with Gasteiger partial charge in [0.25, 0.3) is 0 Å². The lowest BCUT2D eigenvalue weighted by Gasteiger charge is -2.24. The van der Waals surface area contributed by atoms with Crippen LogP contribution in [0, 0.1) is 5.82 Å². The standard InChI is InChI=1S/C30H35FO4/c1-7-34-29(32)16-20(2)22-9-11-23(12-10-22)35-19-21-8-14-27(30(3,4)5)25(17-21)26-18-24(33-6)13-15-28(26)31/h8-15,17-18,20H,7,16,19H2,1-6H3/t20-/m1/s1. The molecule has 0 saturated carbocycles. The van der Waals surface area contributed by atoms with E-state index < -0.39 is 0 Å². The molecule has 35 heavy (non-hydrogen) atoms. The molecule has 3 aromatic carbocycles. The predicted molar refractivity (Wildman–Crippen MR) is 138 cm³/mol. The van der Waals surface area contributed by atoms with Gasteiger partial charge < -0.3 is 14.2 Å². The Labute approximate surface area is 208 Å². The molecule has 186 valence electrons. The summed E-state index contributed by atoms with van der Waals surface area (Å²) in [6.07, 6.45) is 0.345. The van der Waals surface area contributed by atoms with Gasteiger partial charge in [0.1, 0.15) is 23.9 Å². The molecule has 3 rings (SSSR count). The Bertz CT molecular complexity index is 1150. The van der Waals surface area contributed by atoms with Gasteiger partial charge in [0.15, 0.2) is 0 Å². The summed E-state index contributed by atoms with van der Waals surface area (Å²) in [5.41, 5.74) is 4.22. The van der Waals surface area contributed by atoms with Crippen LogP contribution in [0.2, 0.25) is 0 Å². The lowest BCUT2D eigenvalue weighted by Crippen LogP contribution is -2.13. The van der Waals surface area contributed by atoms with Crippen molar-refractivity contribution in [3.8, 4) is 22.6 Å². The Hall–Kier alpha value is -3.34. The van der Waals surface area contributed by atoms with Crippen LogP contribution >= 0.6 is 0 Å². The predicted octanol–water partition coefficient (Wildman–Crippen LogP) is 7.43. The zero-order chi connectivity index (χ0) is 25.6. The van der Waals surface area contributed by atoms with Gasteiger partial charge in [-0.05, 0) is 76.9 Å². The minimum atomic E-state index is -0.290. The van der Waals surface area contributed by atoms with Crippen LogP contribution in [0.3, 0.4) is 0 Å². The van der Waals surface area contributed by atoms with Crippen LogP contribution in [0.25, 0.3) is 11.1 Å². The third-order valence-corrected chi connectivity index (χ3v) is 5.99. The van der Waals surface area contributed by atoms with Gasteiger partial charge in [-0.2, -0.15) is 0 Å². The molecule has 0 bridgehead atoms. The van der Waals surface area contributed by atoms with Crippen molar-refractivity contribution in [2.75, 3.05) is 13.7 Å². The summed E-state index contributed by atoms with van der Waals surface area (Å²) in [4.78, 5) is 11.7. The monoisotopic (exact) mass is 478 g/mol. The number of carbonyl (C=O) groups is 1. The van der Waals surface area contributed by atoms with Gasteiger partial charge in [-0.1, -0.05) is 52.0 Å². The second-order valence-electron chi connectivity index (χ2n) is 9.74. The largest absolute Gasteiger partial charge is 0.497 e. The highest BCUT2D eigenvalue weighted by Gasteiger charge is 2.21. The fourth-order valence-electron chi connectivity index (χ4n) is 4.04. The minimum absolute atomic E-state index is 0.0633. The third-order valence-electron chi connectivity index (χ3n) is 5.99. The average molecular weight is 479 g/mol. The van der Waals surface area contributed by atoms with Crippen molar-refractivity contribution in [2.24, 2.45) is 0 Å². The van der Waals surface area contributed by atoms with E-state index in [9.17, 15) is 9.18 Å². The van der Waals surface area contributed by atoms with Crippen molar-refractivity contribution in [1.29, 1.82) is 0 Å². The van der Waals surface area contributed by atoms with Gasteiger partial charge in [0, 0.05) is 5.56 Å². The van der Waals surface area contributed by atoms with Gasteiger partial charge in [-0.3, -0.25) is 4.79 Å². The minimum Gasteiger partial charge on any atom is -0.497 e. The summed E-state index contributed by atoms with van der Waals surface area (Å²) in [6, 6.07) is 18.6. The second kappa shape index (κ2) is 11.4. The number of methoxy groups -OCH3 is 1. The van der Waals surface area contributed by atoms with E-state index in [-0.39, 0.29) is 23.1 Å². The molecule has 4 nitrogen and oxygen atoms in total. The van der Waals surface area contributed by atoms with Gasteiger partial charge in [0.05, 0.1) is 20.1 Å². The van der Waals surface area contributed by atoms with E-state index in [4.69, 9.17) is 14.2 Å². The van der Waals surface area contributed by atoms with Crippen LogP contribution in [-0.2, 0) is 21.6 Å². The van der Waals surface area contributed by atoms with Crippen LogP contribution in [0.1, 0.15) is 63.6 Å². The van der Waals surface area contributed by atoms with Crippen LogP contribution in [0.4, 0.5) is 4.39 Å². The molecule has 0 spiro atoms. The lowest BCUT2D eigenvalue weighted by molar-refractivity contribution is -0.143. The molecule has 0 radical (unpaired) electrons. The molecular formula is C30H35FO4. The fourth-order valence-corrected chi connectivity index (χ4v) is 4.04. The Balaban J connectivity index is 1.79. The molecule has 0 heterocycles. The number of ether oxygens (including phenoxy) is 3. The molecule has 0 aliphatic carbocycles. The molecule has 0 N–H and O–H groups in total. The maximum absolute atomic E-state index is 14.9. The summed E-state index contributed by atoms with van der Waals surface area (Å²) >= 11 is 0. The van der Waals surface area contributed by atoms with Gasteiger partial charge in [-0.15, -0.1) is 0 Å². The Morgan fingerprint density at radius 3 is 2.26 bits per heavy atom. The van der Waals surface area contributed by atoms with E-state index in [1.54, 1.807) is 19.2 Å². The first-order chi connectivity index (χ1) is 16.6. The molecule has 5 heteroatoms. The molecule has 1 atom stereocenters. The maximum Gasteiger partial charge on any atom is 0.306 e. The Kier molecular flexibility index (Phi) is 8.55. The molecule has 3 aromatic rings. The zero-order valence-electron chi connectivity index (χ0n) is 21.5. The number of esters is 1. The highest BCUT2D eigenvalue weighted by molar-refractivity contribution is 5.72. The van der Waals surface area contributed by atoms with Crippen molar-refractivity contribution in [3.63, 3.8) is 0 Å². The van der Waals surface area contributed by atoms with Crippen LogP contribution in [-0.4, -0.2) is 19.7 Å². The first kappa shape index (κ1) is 26.3. The highest BCUT2D eigenvalue weighted by atomic mass is 19.1. The zero-order valence-corrected chi connectivity index (χ0v) is 21.5. The number of hydrogen-bond donors (Lipinski definition) is 0. The maximum atomic E-state index is 14.9. The molecule has 0 unspecified atom stereocenters. The first-order valence-corrected chi connectivity index (χ1v) is 12.0. The van der Waals surface area contributed by atoms with Crippen molar-refractivity contribution in [3.05, 3.63) is 83.2 Å². The van der Waals surface area contributed by atoms with Gasteiger partial charge in [-0.25, -0.2) is 4.39 Å². The SMILES string of the molecule is CCOC(=O)C[C@@H](C)c1ccc(OCc2ccc(C(C)(C)C)c(-c3cc(OC)ccc3F)c2)cc1. The lowest BCUT2D eigenvalue weighted by atomic mass is 9.81. The quantitative estimate of drug-likeness (QED) is 0.300. The van der Waals surface area contributed by atoms with E-state index in [2.05, 4.69) is 20.8 Å². The number of carbonyl (C=O) groups excluding carboxylic acids is 1. The van der Waals surface area contributed by atoms with E-state index in [1.807, 2.05) is 56.3 Å². The van der Waals surface area contributed by atoms with E-state index in [1.165, 1.54) is 6.07 Å². The molecular weight excluding hydrogens is 443 g/mol. The number of benzene rings is 3. The molecule has 0 aromatic heterocycles. The fraction of sp³-hybridized carbons (Fsp3) is 0.367. The Morgan fingerprint density at radius 2 is 1.63 bits per heavy atom. The summed E-state index contributed by atoms with van der Waals surface area (Å²) in [5, 5.41) is 0. The number of halogens is 1.